The minimum Gasteiger partial charge on any atom is -0.306 e. The van der Waals surface area contributed by atoms with Crippen molar-refractivity contribution in [1.82, 2.24) is 0 Å². The van der Waals surface area contributed by atoms with E-state index in [1.807, 2.05) is 0 Å². The number of hydrogen-bond acceptors (Lipinski definition) is 4. The van der Waals surface area contributed by atoms with Crippen molar-refractivity contribution in [2.75, 3.05) is 14.2 Å². The van der Waals surface area contributed by atoms with Gasteiger partial charge in [-0.25, -0.2) is 0 Å². The maximum atomic E-state index is 11.4. The van der Waals surface area contributed by atoms with Crippen LogP contribution in [-0.4, -0.2) is 19.7 Å². The monoisotopic (exact) mass is 204 g/mol. The second kappa shape index (κ2) is 5.86. The first-order valence-corrected chi connectivity index (χ1v) is 5.20. The van der Waals surface area contributed by atoms with Crippen LogP contribution in [0, 0.1) is 0 Å². The lowest BCUT2D eigenvalue weighted by atomic mass is 10.4. The van der Waals surface area contributed by atoms with E-state index in [-0.39, 0.29) is 0 Å². The van der Waals surface area contributed by atoms with Crippen LogP contribution < -0.4 is 0 Å². The van der Waals surface area contributed by atoms with Crippen molar-refractivity contribution in [2.24, 2.45) is 0 Å². The molecule has 74 valence electrons. The van der Waals surface area contributed by atoms with E-state index in [1.165, 1.54) is 20.3 Å². The molecule has 0 aromatic carbocycles. The molecule has 0 rings (SSSR count). The van der Waals surface area contributed by atoms with E-state index in [0.717, 1.165) is 6.08 Å². The van der Waals surface area contributed by atoms with Gasteiger partial charge in [0.2, 0.25) is 0 Å². The van der Waals surface area contributed by atoms with E-state index in [1.54, 1.807) is 19.1 Å². The molecule has 5 heteroatoms. The van der Waals surface area contributed by atoms with E-state index in [9.17, 15) is 9.36 Å². The molecule has 0 aliphatic rings. The lowest BCUT2D eigenvalue weighted by molar-refractivity contribution is -0.109. The SMILES string of the molecule is C/C=C/C=C/C(=O)P(=O)(OC)OC. The fourth-order valence-electron chi connectivity index (χ4n) is 0.595. The minimum atomic E-state index is -3.57. The Morgan fingerprint density at radius 1 is 1.23 bits per heavy atom. The lowest BCUT2D eigenvalue weighted by Gasteiger charge is -2.08. The Morgan fingerprint density at radius 2 is 1.77 bits per heavy atom. The summed E-state index contributed by atoms with van der Waals surface area (Å²) in [4.78, 5) is 11.2. The zero-order valence-electron chi connectivity index (χ0n) is 7.89. The van der Waals surface area contributed by atoms with E-state index in [0.29, 0.717) is 0 Å². The Labute approximate surface area is 77.8 Å². The topological polar surface area (TPSA) is 52.6 Å². The third-order valence-corrected chi connectivity index (χ3v) is 2.94. The van der Waals surface area contributed by atoms with Gasteiger partial charge in [-0.1, -0.05) is 18.2 Å². The molecule has 13 heavy (non-hydrogen) atoms. The highest BCUT2D eigenvalue weighted by molar-refractivity contribution is 7.72. The van der Waals surface area contributed by atoms with Gasteiger partial charge >= 0.3 is 7.60 Å². The Hall–Kier alpha value is -0.700. The van der Waals surface area contributed by atoms with Gasteiger partial charge in [0.1, 0.15) is 0 Å². The first kappa shape index (κ1) is 12.3. The van der Waals surface area contributed by atoms with Crippen LogP contribution in [0.15, 0.2) is 24.3 Å². The van der Waals surface area contributed by atoms with Crippen LogP contribution in [0.25, 0.3) is 0 Å². The number of carbonyl (C=O) groups is 1. The van der Waals surface area contributed by atoms with E-state index in [2.05, 4.69) is 9.05 Å². The Morgan fingerprint density at radius 3 is 2.15 bits per heavy atom. The van der Waals surface area contributed by atoms with Crippen molar-refractivity contribution in [3.63, 3.8) is 0 Å². The molecule has 0 atom stereocenters. The summed E-state index contributed by atoms with van der Waals surface area (Å²) < 4.78 is 20.4. The van der Waals surface area contributed by atoms with E-state index >= 15 is 0 Å². The molecular weight excluding hydrogens is 191 g/mol. The first-order valence-electron chi connectivity index (χ1n) is 3.66. The van der Waals surface area contributed by atoms with Gasteiger partial charge in [0.15, 0.2) is 0 Å². The summed E-state index contributed by atoms with van der Waals surface area (Å²) in [6, 6.07) is 0. The fourth-order valence-corrected chi connectivity index (χ4v) is 1.37. The third kappa shape index (κ3) is 3.68. The molecule has 0 aromatic rings. The predicted octanol–water partition coefficient (Wildman–Crippen LogP) is 2.13. The third-order valence-electron chi connectivity index (χ3n) is 1.29. The van der Waals surface area contributed by atoms with Gasteiger partial charge in [0.05, 0.1) is 0 Å². The maximum absolute atomic E-state index is 11.4. The number of allylic oxidation sites excluding steroid dienone is 4. The van der Waals surface area contributed by atoms with Gasteiger partial charge in [0, 0.05) is 14.2 Å². The molecule has 0 fully saturated rings. The Kier molecular flexibility index (Phi) is 5.55. The highest BCUT2D eigenvalue weighted by Gasteiger charge is 2.29. The van der Waals surface area contributed by atoms with Crippen molar-refractivity contribution in [1.29, 1.82) is 0 Å². The van der Waals surface area contributed by atoms with Crippen molar-refractivity contribution in [2.45, 2.75) is 6.92 Å². The summed E-state index contributed by atoms with van der Waals surface area (Å²) in [5.74, 6) is 0. The smallest absolute Gasteiger partial charge is 0.306 e. The quantitative estimate of drug-likeness (QED) is 0.391. The van der Waals surface area contributed by atoms with Crippen LogP contribution in [0.1, 0.15) is 6.92 Å². The molecule has 0 saturated heterocycles. The normalized spacial score (nSPS) is 12.8. The van der Waals surface area contributed by atoms with Crippen LogP contribution in [0.3, 0.4) is 0 Å². The van der Waals surface area contributed by atoms with Gasteiger partial charge in [0.25, 0.3) is 5.52 Å². The van der Waals surface area contributed by atoms with E-state index in [4.69, 9.17) is 0 Å². The number of rotatable bonds is 5. The number of hydrogen-bond donors (Lipinski definition) is 0. The summed E-state index contributed by atoms with van der Waals surface area (Å²) in [7, 11) is -1.23. The Bertz CT molecular complexity index is 259. The summed E-state index contributed by atoms with van der Waals surface area (Å²) in [5, 5.41) is 0. The fraction of sp³-hybridized carbons (Fsp3) is 0.375. The molecule has 0 N–H and O–H groups in total. The van der Waals surface area contributed by atoms with Crippen LogP contribution in [0.2, 0.25) is 0 Å². The molecule has 0 bridgehead atoms. The number of carbonyl (C=O) groups excluding carboxylic acids is 1. The lowest BCUT2D eigenvalue weighted by Crippen LogP contribution is -1.99. The molecular formula is C8H13O4P. The van der Waals surface area contributed by atoms with Crippen molar-refractivity contribution in [3.8, 4) is 0 Å². The molecule has 0 amide bonds. The molecule has 0 heterocycles. The summed E-state index contributed by atoms with van der Waals surface area (Å²) in [6.07, 6.45) is 6.03. The van der Waals surface area contributed by atoms with Gasteiger partial charge in [-0.05, 0) is 13.0 Å². The van der Waals surface area contributed by atoms with Crippen molar-refractivity contribution < 1.29 is 18.4 Å². The summed E-state index contributed by atoms with van der Waals surface area (Å²) >= 11 is 0. The molecule has 0 saturated carbocycles. The maximum Gasteiger partial charge on any atom is 0.400 e. The van der Waals surface area contributed by atoms with Crippen LogP contribution >= 0.6 is 7.60 Å². The molecule has 4 nitrogen and oxygen atoms in total. The molecule has 0 aromatic heterocycles. The zero-order valence-corrected chi connectivity index (χ0v) is 8.78. The minimum absolute atomic E-state index is 0.657. The van der Waals surface area contributed by atoms with Crippen molar-refractivity contribution >= 4 is 13.1 Å². The average molecular weight is 204 g/mol. The highest BCUT2D eigenvalue weighted by Crippen LogP contribution is 2.47. The zero-order chi connectivity index (χ0) is 10.3. The molecule has 0 radical (unpaired) electrons. The molecule has 0 aliphatic carbocycles. The van der Waals surface area contributed by atoms with Crippen molar-refractivity contribution in [3.05, 3.63) is 24.3 Å². The Balaban J connectivity index is 4.49. The van der Waals surface area contributed by atoms with Gasteiger partial charge in [-0.3, -0.25) is 9.36 Å². The molecule has 0 unspecified atom stereocenters. The first-order chi connectivity index (χ1) is 6.10. The second-order valence-electron chi connectivity index (χ2n) is 2.09. The van der Waals surface area contributed by atoms with Gasteiger partial charge in [-0.15, -0.1) is 0 Å². The summed E-state index contributed by atoms with van der Waals surface area (Å²) in [5.41, 5.74) is -0.657. The molecule has 0 aliphatic heterocycles. The largest absolute Gasteiger partial charge is 0.400 e. The standard InChI is InChI=1S/C8H13O4P/c1-4-5-6-7-8(9)13(10,11-2)12-3/h4-7H,1-3H3/b5-4+,7-6+. The van der Waals surface area contributed by atoms with Gasteiger partial charge < -0.3 is 9.05 Å². The van der Waals surface area contributed by atoms with Crippen LogP contribution in [0.4, 0.5) is 0 Å². The second-order valence-corrected chi connectivity index (χ2v) is 4.25. The summed E-state index contributed by atoms with van der Waals surface area (Å²) in [6.45, 7) is 1.81. The van der Waals surface area contributed by atoms with Crippen LogP contribution in [0.5, 0.6) is 0 Å². The predicted molar refractivity (Wildman–Crippen MR) is 50.6 cm³/mol. The van der Waals surface area contributed by atoms with Crippen LogP contribution in [-0.2, 0) is 18.4 Å². The molecule has 0 spiro atoms. The van der Waals surface area contributed by atoms with Gasteiger partial charge in [-0.2, -0.15) is 0 Å². The average Bonchev–Trinajstić information content (AvgIpc) is 2.17. The van der Waals surface area contributed by atoms with E-state index < -0.39 is 13.1 Å². The highest BCUT2D eigenvalue weighted by atomic mass is 31.2.